The van der Waals surface area contributed by atoms with E-state index in [4.69, 9.17) is 14.2 Å². The van der Waals surface area contributed by atoms with Crippen LogP contribution in [0.3, 0.4) is 0 Å². The minimum absolute atomic E-state index is 0.0365. The number of benzene rings is 3. The van der Waals surface area contributed by atoms with Gasteiger partial charge in [-0.2, -0.15) is 0 Å². The molecule has 0 aliphatic carbocycles. The molecule has 178 valence electrons. The van der Waals surface area contributed by atoms with Crippen molar-refractivity contribution in [3.8, 4) is 17.2 Å². The number of sulfonamides is 1. The molecule has 0 radical (unpaired) electrons. The highest BCUT2D eigenvalue weighted by molar-refractivity contribution is 7.92. The van der Waals surface area contributed by atoms with Gasteiger partial charge in [0.25, 0.3) is 15.9 Å². The molecule has 0 atom stereocenters. The van der Waals surface area contributed by atoms with Crippen molar-refractivity contribution >= 4 is 33.0 Å². The second kappa shape index (κ2) is 10.1. The maximum atomic E-state index is 13.0. The van der Waals surface area contributed by atoms with Crippen LogP contribution >= 0.6 is 0 Å². The predicted molar refractivity (Wildman–Crippen MR) is 124 cm³/mol. The van der Waals surface area contributed by atoms with Crippen LogP contribution in [-0.4, -0.2) is 40.6 Å². The number of nitrogens with one attached hydrogen (secondary N) is 2. The Morgan fingerprint density at radius 2 is 1.53 bits per heavy atom. The maximum absolute atomic E-state index is 13.0. The standard InChI is InChI=1S/C22H21N3O8S/c1-31-18-13-17(19(25(27)28)21(33-3)20(18)32-2)22(26)23-14-8-7-9-15(12-14)24-34(29,30)16-10-5-4-6-11-16/h4-13,24H,1-3H3,(H,23,26). The quantitative estimate of drug-likeness (QED) is 0.343. The lowest BCUT2D eigenvalue weighted by atomic mass is 10.1. The number of nitro groups is 1. The van der Waals surface area contributed by atoms with Crippen molar-refractivity contribution in [2.24, 2.45) is 0 Å². The van der Waals surface area contributed by atoms with E-state index < -0.39 is 26.5 Å². The van der Waals surface area contributed by atoms with Gasteiger partial charge in [0.15, 0.2) is 5.75 Å². The normalized spacial score (nSPS) is 10.8. The Bertz CT molecular complexity index is 1330. The van der Waals surface area contributed by atoms with Crippen molar-refractivity contribution in [1.29, 1.82) is 0 Å². The molecule has 0 heterocycles. The molecule has 0 saturated heterocycles. The Morgan fingerprint density at radius 1 is 0.882 bits per heavy atom. The van der Waals surface area contributed by atoms with Crippen LogP contribution in [-0.2, 0) is 10.0 Å². The zero-order chi connectivity index (χ0) is 24.9. The van der Waals surface area contributed by atoms with Crippen molar-refractivity contribution in [1.82, 2.24) is 0 Å². The average Bonchev–Trinajstić information content (AvgIpc) is 2.82. The molecule has 0 fully saturated rings. The van der Waals surface area contributed by atoms with Gasteiger partial charge in [-0.15, -0.1) is 0 Å². The first kappa shape index (κ1) is 24.3. The van der Waals surface area contributed by atoms with Gasteiger partial charge in [-0.3, -0.25) is 19.6 Å². The molecule has 0 bridgehead atoms. The number of carbonyl (C=O) groups excluding carboxylic acids is 1. The van der Waals surface area contributed by atoms with Gasteiger partial charge in [0.1, 0.15) is 5.56 Å². The Labute approximate surface area is 195 Å². The monoisotopic (exact) mass is 487 g/mol. The summed E-state index contributed by atoms with van der Waals surface area (Å²) in [6.07, 6.45) is 0. The highest BCUT2D eigenvalue weighted by atomic mass is 32.2. The number of ether oxygens (including phenoxy) is 3. The van der Waals surface area contributed by atoms with Crippen LogP contribution in [0.1, 0.15) is 10.4 Å². The summed E-state index contributed by atoms with van der Waals surface area (Å²) in [6.45, 7) is 0. The minimum atomic E-state index is -3.85. The zero-order valence-electron chi connectivity index (χ0n) is 18.4. The summed E-state index contributed by atoms with van der Waals surface area (Å²) in [7, 11) is -0.0545. The topological polar surface area (TPSA) is 146 Å². The molecule has 0 unspecified atom stereocenters. The Kier molecular flexibility index (Phi) is 7.21. The third kappa shape index (κ3) is 5.02. The number of hydrogen-bond acceptors (Lipinski definition) is 8. The van der Waals surface area contributed by atoms with Crippen molar-refractivity contribution < 1.29 is 32.3 Å². The lowest BCUT2D eigenvalue weighted by Gasteiger charge is -2.15. The Balaban J connectivity index is 1.94. The average molecular weight is 487 g/mol. The Hall–Kier alpha value is -4.32. The largest absolute Gasteiger partial charge is 0.493 e. The summed E-state index contributed by atoms with van der Waals surface area (Å²) in [6, 6.07) is 14.8. The highest BCUT2D eigenvalue weighted by Crippen LogP contribution is 2.46. The maximum Gasteiger partial charge on any atom is 0.327 e. The fraction of sp³-hybridized carbons (Fsp3) is 0.136. The van der Waals surface area contributed by atoms with E-state index in [0.29, 0.717) is 0 Å². The van der Waals surface area contributed by atoms with Crippen LogP contribution in [0.4, 0.5) is 17.1 Å². The smallest absolute Gasteiger partial charge is 0.327 e. The van der Waals surface area contributed by atoms with E-state index in [2.05, 4.69) is 10.0 Å². The van der Waals surface area contributed by atoms with Gasteiger partial charge in [-0.1, -0.05) is 24.3 Å². The minimum Gasteiger partial charge on any atom is -0.493 e. The lowest BCUT2D eigenvalue weighted by Crippen LogP contribution is -2.16. The molecule has 12 heteroatoms. The SMILES string of the molecule is COc1cc(C(=O)Nc2cccc(NS(=O)(=O)c3ccccc3)c2)c([N+](=O)[O-])c(OC)c1OC. The molecule has 0 aliphatic rings. The molecule has 0 spiro atoms. The number of amides is 1. The first-order valence-corrected chi connectivity index (χ1v) is 11.2. The van der Waals surface area contributed by atoms with E-state index in [0.717, 1.165) is 6.07 Å². The lowest BCUT2D eigenvalue weighted by molar-refractivity contribution is -0.386. The Morgan fingerprint density at radius 3 is 2.12 bits per heavy atom. The molecular formula is C22H21N3O8S. The fourth-order valence-corrected chi connectivity index (χ4v) is 4.24. The van der Waals surface area contributed by atoms with Crippen molar-refractivity contribution in [3.63, 3.8) is 0 Å². The summed E-state index contributed by atoms with van der Waals surface area (Å²) in [5.74, 6) is -1.10. The number of hydrogen-bond donors (Lipinski definition) is 2. The van der Waals surface area contributed by atoms with Gasteiger partial charge in [-0.05, 0) is 30.3 Å². The van der Waals surface area contributed by atoms with Crippen LogP contribution < -0.4 is 24.2 Å². The molecule has 3 rings (SSSR count). The summed E-state index contributed by atoms with van der Waals surface area (Å²) >= 11 is 0. The molecule has 0 saturated carbocycles. The van der Waals surface area contributed by atoms with Gasteiger partial charge in [0.2, 0.25) is 11.5 Å². The van der Waals surface area contributed by atoms with Crippen molar-refractivity contribution in [2.45, 2.75) is 4.90 Å². The van der Waals surface area contributed by atoms with Gasteiger partial charge < -0.3 is 19.5 Å². The summed E-state index contributed by atoms with van der Waals surface area (Å²) in [5, 5.41) is 14.3. The first-order chi connectivity index (χ1) is 16.2. The van der Waals surface area contributed by atoms with Crippen molar-refractivity contribution in [2.75, 3.05) is 31.4 Å². The molecule has 34 heavy (non-hydrogen) atoms. The van der Waals surface area contributed by atoms with Gasteiger partial charge >= 0.3 is 5.69 Å². The first-order valence-electron chi connectivity index (χ1n) is 9.68. The van der Waals surface area contributed by atoms with E-state index in [1.165, 1.54) is 57.7 Å². The number of rotatable bonds is 9. The third-order valence-corrected chi connectivity index (χ3v) is 6.05. The number of anilines is 2. The number of methoxy groups -OCH3 is 3. The molecule has 3 aromatic rings. The fourth-order valence-electron chi connectivity index (χ4n) is 3.17. The van der Waals surface area contributed by atoms with Crippen molar-refractivity contribution in [3.05, 3.63) is 76.3 Å². The highest BCUT2D eigenvalue weighted by Gasteiger charge is 2.32. The van der Waals surface area contributed by atoms with E-state index in [1.54, 1.807) is 18.2 Å². The van der Waals surface area contributed by atoms with Crippen LogP contribution in [0.15, 0.2) is 65.6 Å². The van der Waals surface area contributed by atoms with Gasteiger partial charge in [0, 0.05) is 11.8 Å². The van der Waals surface area contributed by atoms with Gasteiger partial charge in [-0.25, -0.2) is 8.42 Å². The molecule has 3 aromatic carbocycles. The summed E-state index contributed by atoms with van der Waals surface area (Å²) in [5.41, 5.74) is -0.573. The molecule has 0 aromatic heterocycles. The van der Waals surface area contributed by atoms with E-state index >= 15 is 0 Å². The number of carbonyl (C=O) groups is 1. The molecular weight excluding hydrogens is 466 g/mol. The molecule has 1 amide bonds. The van der Waals surface area contributed by atoms with E-state index in [9.17, 15) is 23.3 Å². The second-order valence-corrected chi connectivity index (χ2v) is 8.43. The molecule has 2 N–H and O–H groups in total. The van der Waals surface area contributed by atoms with Gasteiger partial charge in [0.05, 0.1) is 36.8 Å². The number of nitrogens with zero attached hydrogens (tertiary/aromatic N) is 1. The van der Waals surface area contributed by atoms with Crippen LogP contribution in [0.25, 0.3) is 0 Å². The summed E-state index contributed by atoms with van der Waals surface area (Å²) in [4.78, 5) is 24.0. The zero-order valence-corrected chi connectivity index (χ0v) is 19.2. The second-order valence-electron chi connectivity index (χ2n) is 6.75. The molecule has 11 nitrogen and oxygen atoms in total. The van der Waals surface area contributed by atoms with Crippen LogP contribution in [0.2, 0.25) is 0 Å². The molecule has 0 aliphatic heterocycles. The predicted octanol–water partition coefficient (Wildman–Crippen LogP) is 3.67. The third-order valence-electron chi connectivity index (χ3n) is 4.66. The summed E-state index contributed by atoms with van der Waals surface area (Å²) < 4.78 is 43.0. The number of nitro benzene ring substituents is 1. The van der Waals surface area contributed by atoms with E-state index in [-0.39, 0.29) is 39.1 Å². The van der Waals surface area contributed by atoms with E-state index in [1.807, 2.05) is 0 Å². The van der Waals surface area contributed by atoms with Crippen LogP contribution in [0, 0.1) is 10.1 Å². The van der Waals surface area contributed by atoms with Crippen LogP contribution in [0.5, 0.6) is 17.2 Å².